The highest BCUT2D eigenvalue weighted by atomic mass is 16.5. The van der Waals surface area contributed by atoms with Crippen LogP contribution in [0.4, 0.5) is 5.69 Å². The fourth-order valence-electron chi connectivity index (χ4n) is 2.39. The van der Waals surface area contributed by atoms with Gasteiger partial charge in [-0.1, -0.05) is 13.8 Å². The van der Waals surface area contributed by atoms with Gasteiger partial charge >= 0.3 is 5.97 Å². The summed E-state index contributed by atoms with van der Waals surface area (Å²) in [6, 6.07) is 7.15. The average molecular weight is 348 g/mol. The van der Waals surface area contributed by atoms with Crippen molar-refractivity contribution in [2.75, 3.05) is 38.7 Å². The summed E-state index contributed by atoms with van der Waals surface area (Å²) in [5, 5.41) is 12.0. The number of rotatable bonds is 8. The highest BCUT2D eigenvalue weighted by molar-refractivity contribution is 6.08. The fraction of sp³-hybridized carbons (Fsp3) is 0.444. The monoisotopic (exact) mass is 348 g/mol. The standard InChI is InChI=1S/C18H24N2O5/c1-12(2)11-25-14-6-4-13(5-7-14)19-16-15(18(23)24-3)10-20(8-9-21)17(16)22/h4-7,12,19,21H,8-11H2,1-3H3. The molecule has 2 rings (SSSR count). The highest BCUT2D eigenvalue weighted by Crippen LogP contribution is 2.24. The van der Waals surface area contributed by atoms with E-state index < -0.39 is 5.97 Å². The number of hydrogen-bond donors (Lipinski definition) is 2. The second-order valence-electron chi connectivity index (χ2n) is 6.15. The van der Waals surface area contributed by atoms with E-state index in [1.165, 1.54) is 12.0 Å². The number of ether oxygens (including phenoxy) is 2. The Morgan fingerprint density at radius 2 is 2.00 bits per heavy atom. The normalized spacial score (nSPS) is 14.3. The number of amides is 1. The van der Waals surface area contributed by atoms with Crippen LogP contribution >= 0.6 is 0 Å². The molecule has 7 heteroatoms. The molecule has 1 amide bonds. The molecular formula is C18H24N2O5. The van der Waals surface area contributed by atoms with Gasteiger partial charge in [-0.15, -0.1) is 0 Å². The number of esters is 1. The first-order valence-corrected chi connectivity index (χ1v) is 8.17. The lowest BCUT2D eigenvalue weighted by Gasteiger charge is -2.15. The number of nitrogens with zero attached hydrogens (tertiary/aromatic N) is 1. The first-order chi connectivity index (χ1) is 12.0. The molecular weight excluding hydrogens is 324 g/mol. The van der Waals surface area contributed by atoms with Gasteiger partial charge in [-0.05, 0) is 30.2 Å². The summed E-state index contributed by atoms with van der Waals surface area (Å²) in [5.41, 5.74) is 1.09. The van der Waals surface area contributed by atoms with Crippen LogP contribution < -0.4 is 10.1 Å². The van der Waals surface area contributed by atoms with Gasteiger partial charge in [0, 0.05) is 12.2 Å². The lowest BCUT2D eigenvalue weighted by molar-refractivity contribution is -0.136. The molecule has 0 atom stereocenters. The van der Waals surface area contributed by atoms with Crippen molar-refractivity contribution in [3.8, 4) is 5.75 Å². The summed E-state index contributed by atoms with van der Waals surface area (Å²) < 4.78 is 10.4. The number of aliphatic hydroxyl groups excluding tert-OH is 1. The second-order valence-corrected chi connectivity index (χ2v) is 6.15. The number of carbonyl (C=O) groups is 2. The van der Waals surface area contributed by atoms with E-state index in [0.717, 1.165) is 5.75 Å². The molecule has 136 valence electrons. The third-order valence-corrected chi connectivity index (χ3v) is 3.66. The molecule has 0 spiro atoms. The first-order valence-electron chi connectivity index (χ1n) is 8.17. The molecule has 1 aromatic rings. The summed E-state index contributed by atoms with van der Waals surface area (Å²) in [5.74, 6) is 0.267. The van der Waals surface area contributed by atoms with Crippen molar-refractivity contribution in [2.45, 2.75) is 13.8 Å². The number of nitrogens with one attached hydrogen (secondary N) is 1. The third kappa shape index (κ3) is 4.73. The Morgan fingerprint density at radius 1 is 1.32 bits per heavy atom. The number of methoxy groups -OCH3 is 1. The van der Waals surface area contributed by atoms with Crippen LogP contribution in [0.25, 0.3) is 0 Å². The summed E-state index contributed by atoms with van der Waals surface area (Å²) >= 11 is 0. The molecule has 1 heterocycles. The number of hydrogen-bond acceptors (Lipinski definition) is 6. The predicted octanol–water partition coefficient (Wildman–Crippen LogP) is 1.39. The number of aliphatic hydroxyl groups is 1. The number of carbonyl (C=O) groups excluding carboxylic acids is 2. The molecule has 0 radical (unpaired) electrons. The first kappa shape index (κ1) is 18.8. The molecule has 1 aromatic carbocycles. The lowest BCUT2D eigenvalue weighted by atomic mass is 10.2. The van der Waals surface area contributed by atoms with Crippen molar-refractivity contribution in [1.82, 2.24) is 4.90 Å². The van der Waals surface area contributed by atoms with Gasteiger partial charge in [0.15, 0.2) is 0 Å². The smallest absolute Gasteiger partial charge is 0.337 e. The van der Waals surface area contributed by atoms with Crippen LogP contribution in [0.5, 0.6) is 5.75 Å². The minimum Gasteiger partial charge on any atom is -0.493 e. The number of benzene rings is 1. The summed E-state index contributed by atoms with van der Waals surface area (Å²) in [6.45, 7) is 4.87. The van der Waals surface area contributed by atoms with Crippen molar-refractivity contribution in [2.24, 2.45) is 5.92 Å². The van der Waals surface area contributed by atoms with E-state index in [2.05, 4.69) is 19.2 Å². The number of β-amino-alcohol motifs (C(OH)–C–C–N with tert-alkyl or cyclic N) is 1. The van der Waals surface area contributed by atoms with Gasteiger partial charge < -0.3 is 24.8 Å². The zero-order valence-corrected chi connectivity index (χ0v) is 14.7. The SMILES string of the molecule is COC(=O)C1=C(Nc2ccc(OCC(C)C)cc2)C(=O)N(CCO)C1. The molecule has 0 aromatic heterocycles. The highest BCUT2D eigenvalue weighted by Gasteiger charge is 2.34. The van der Waals surface area contributed by atoms with E-state index in [1.807, 2.05) is 0 Å². The van der Waals surface area contributed by atoms with Crippen molar-refractivity contribution < 1.29 is 24.2 Å². The van der Waals surface area contributed by atoms with Gasteiger partial charge in [0.25, 0.3) is 5.91 Å². The van der Waals surface area contributed by atoms with E-state index in [0.29, 0.717) is 18.2 Å². The molecule has 0 aliphatic carbocycles. The van der Waals surface area contributed by atoms with Crippen LogP contribution in [0.1, 0.15) is 13.8 Å². The summed E-state index contributed by atoms with van der Waals surface area (Å²) in [6.07, 6.45) is 0. The minimum absolute atomic E-state index is 0.115. The van der Waals surface area contributed by atoms with Crippen LogP contribution in [0.2, 0.25) is 0 Å². The van der Waals surface area contributed by atoms with E-state index >= 15 is 0 Å². The van der Waals surface area contributed by atoms with Crippen LogP contribution in [0.3, 0.4) is 0 Å². The molecule has 0 fully saturated rings. The van der Waals surface area contributed by atoms with Gasteiger partial charge in [-0.2, -0.15) is 0 Å². The fourth-order valence-corrected chi connectivity index (χ4v) is 2.39. The molecule has 25 heavy (non-hydrogen) atoms. The predicted molar refractivity (Wildman–Crippen MR) is 93.1 cm³/mol. The number of anilines is 1. The molecule has 2 N–H and O–H groups in total. The molecule has 1 aliphatic rings. The maximum Gasteiger partial charge on any atom is 0.337 e. The summed E-state index contributed by atoms with van der Waals surface area (Å²) in [7, 11) is 1.27. The lowest BCUT2D eigenvalue weighted by Crippen LogP contribution is -2.31. The van der Waals surface area contributed by atoms with Gasteiger partial charge in [0.05, 0.1) is 32.4 Å². The second kappa shape index (κ2) is 8.53. The van der Waals surface area contributed by atoms with Gasteiger partial charge in [-0.25, -0.2) is 4.79 Å². The molecule has 1 aliphatic heterocycles. The van der Waals surface area contributed by atoms with E-state index in [-0.39, 0.29) is 36.9 Å². The van der Waals surface area contributed by atoms with Crippen molar-refractivity contribution in [1.29, 1.82) is 0 Å². The molecule has 0 saturated heterocycles. The molecule has 0 saturated carbocycles. The molecule has 0 bridgehead atoms. The Bertz CT molecular complexity index is 652. The van der Waals surface area contributed by atoms with Crippen molar-refractivity contribution in [3.05, 3.63) is 35.5 Å². The van der Waals surface area contributed by atoms with E-state index in [4.69, 9.17) is 14.6 Å². The quantitative estimate of drug-likeness (QED) is 0.691. The molecule has 0 unspecified atom stereocenters. The largest absolute Gasteiger partial charge is 0.493 e. The summed E-state index contributed by atoms with van der Waals surface area (Å²) in [4.78, 5) is 25.8. The van der Waals surface area contributed by atoms with Gasteiger partial charge in [-0.3, -0.25) is 4.79 Å². The Balaban J connectivity index is 2.14. The van der Waals surface area contributed by atoms with Crippen LogP contribution in [0, 0.1) is 5.92 Å². The Labute approximate surface area is 147 Å². The Kier molecular flexibility index (Phi) is 6.41. The topological polar surface area (TPSA) is 88.1 Å². The van der Waals surface area contributed by atoms with Crippen LogP contribution in [0.15, 0.2) is 35.5 Å². The van der Waals surface area contributed by atoms with Gasteiger partial charge in [0.1, 0.15) is 11.4 Å². The minimum atomic E-state index is -0.562. The van der Waals surface area contributed by atoms with E-state index in [9.17, 15) is 9.59 Å². The third-order valence-electron chi connectivity index (χ3n) is 3.66. The Hall–Kier alpha value is -2.54. The maximum absolute atomic E-state index is 12.4. The van der Waals surface area contributed by atoms with Crippen molar-refractivity contribution >= 4 is 17.6 Å². The van der Waals surface area contributed by atoms with Crippen LogP contribution in [-0.2, 0) is 14.3 Å². The van der Waals surface area contributed by atoms with E-state index in [1.54, 1.807) is 24.3 Å². The zero-order chi connectivity index (χ0) is 18.4. The zero-order valence-electron chi connectivity index (χ0n) is 14.7. The maximum atomic E-state index is 12.4. The van der Waals surface area contributed by atoms with Crippen molar-refractivity contribution in [3.63, 3.8) is 0 Å². The molecule has 7 nitrogen and oxygen atoms in total. The van der Waals surface area contributed by atoms with Crippen LogP contribution in [-0.4, -0.2) is 55.3 Å². The Morgan fingerprint density at radius 3 is 2.56 bits per heavy atom. The van der Waals surface area contributed by atoms with Gasteiger partial charge in [0.2, 0.25) is 0 Å². The average Bonchev–Trinajstić information content (AvgIpc) is 2.90.